The summed E-state index contributed by atoms with van der Waals surface area (Å²) in [6.45, 7) is 3.02. The average Bonchev–Trinajstić information content (AvgIpc) is 2.70. The van der Waals surface area contributed by atoms with Crippen LogP contribution < -0.4 is 0 Å². The van der Waals surface area contributed by atoms with Crippen LogP contribution in [0.1, 0.15) is 70.1 Å². The highest BCUT2D eigenvalue weighted by molar-refractivity contribution is 9.10. The van der Waals surface area contributed by atoms with Gasteiger partial charge in [0.05, 0.1) is 22.5 Å². The van der Waals surface area contributed by atoms with E-state index in [0.29, 0.717) is 5.92 Å². The number of aryl methyl sites for hydroxylation is 1. The van der Waals surface area contributed by atoms with Gasteiger partial charge in [-0.2, -0.15) is 5.10 Å². The third kappa shape index (κ3) is 3.82. The fourth-order valence-corrected chi connectivity index (χ4v) is 3.61. The van der Waals surface area contributed by atoms with Crippen molar-refractivity contribution in [1.29, 1.82) is 0 Å². The highest BCUT2D eigenvalue weighted by Crippen LogP contribution is 2.35. The van der Waals surface area contributed by atoms with Crippen LogP contribution >= 0.6 is 15.9 Å². The van der Waals surface area contributed by atoms with Crippen molar-refractivity contribution in [2.24, 2.45) is 5.92 Å². The normalized spacial score (nSPS) is 19.9. The van der Waals surface area contributed by atoms with E-state index in [1.54, 1.807) is 0 Å². The molecule has 0 bridgehead atoms. The minimum absolute atomic E-state index is 0.374. The maximum absolute atomic E-state index is 10.7. The first kappa shape index (κ1) is 15.0. The molecule has 1 aliphatic rings. The van der Waals surface area contributed by atoms with Crippen molar-refractivity contribution in [3.8, 4) is 0 Å². The van der Waals surface area contributed by atoms with Gasteiger partial charge in [-0.1, -0.05) is 39.0 Å². The number of hydrogen-bond acceptors (Lipinski definition) is 2. The lowest BCUT2D eigenvalue weighted by Crippen LogP contribution is -2.19. The monoisotopic (exact) mass is 328 g/mol. The van der Waals surface area contributed by atoms with E-state index in [9.17, 15) is 5.11 Å². The lowest BCUT2D eigenvalue weighted by molar-refractivity contribution is 0.0821. The second-order valence-electron chi connectivity index (χ2n) is 5.65. The number of aliphatic hydroxyl groups is 1. The minimum atomic E-state index is -0.374. The molecule has 1 N–H and O–H groups in total. The molecule has 4 heteroatoms. The van der Waals surface area contributed by atoms with Crippen LogP contribution in [0, 0.1) is 5.92 Å². The Balaban J connectivity index is 2.12. The molecule has 0 aromatic carbocycles. The molecule has 1 saturated carbocycles. The van der Waals surface area contributed by atoms with Crippen LogP contribution in [0.2, 0.25) is 0 Å². The Morgan fingerprint density at radius 1 is 1.32 bits per heavy atom. The first-order chi connectivity index (χ1) is 9.24. The Bertz CT molecular complexity index is 383. The van der Waals surface area contributed by atoms with Gasteiger partial charge in [-0.05, 0) is 41.1 Å². The summed E-state index contributed by atoms with van der Waals surface area (Å²) in [6.07, 6.45) is 11.3. The number of nitrogens with zero attached hydrogens (tertiary/aromatic N) is 2. The van der Waals surface area contributed by atoms with Crippen LogP contribution in [0.15, 0.2) is 10.7 Å². The van der Waals surface area contributed by atoms with E-state index in [1.165, 1.54) is 32.1 Å². The smallest absolute Gasteiger partial charge is 0.0996 e. The van der Waals surface area contributed by atoms with Crippen molar-refractivity contribution in [1.82, 2.24) is 9.78 Å². The van der Waals surface area contributed by atoms with Crippen molar-refractivity contribution in [2.45, 2.75) is 70.9 Å². The summed E-state index contributed by atoms with van der Waals surface area (Å²) in [5.41, 5.74) is 0.979. The molecule has 108 valence electrons. The molecule has 1 unspecified atom stereocenters. The zero-order valence-corrected chi connectivity index (χ0v) is 13.4. The number of halogens is 1. The summed E-state index contributed by atoms with van der Waals surface area (Å²) in [4.78, 5) is 0. The van der Waals surface area contributed by atoms with Gasteiger partial charge in [0.25, 0.3) is 0 Å². The number of hydrogen-bond donors (Lipinski definition) is 1. The molecule has 1 aromatic heterocycles. The average molecular weight is 329 g/mol. The summed E-state index contributed by atoms with van der Waals surface area (Å²) in [5, 5.41) is 15.1. The minimum Gasteiger partial charge on any atom is -0.386 e. The molecule has 1 heterocycles. The van der Waals surface area contributed by atoms with E-state index in [0.717, 1.165) is 36.0 Å². The Morgan fingerprint density at radius 2 is 1.95 bits per heavy atom. The third-order valence-corrected chi connectivity index (χ3v) is 4.76. The van der Waals surface area contributed by atoms with Crippen molar-refractivity contribution < 1.29 is 5.11 Å². The molecule has 1 atom stereocenters. The molecular formula is C15H25BrN2O. The molecule has 0 aliphatic heterocycles. The van der Waals surface area contributed by atoms with Gasteiger partial charge >= 0.3 is 0 Å². The van der Waals surface area contributed by atoms with Crippen molar-refractivity contribution in [3.05, 3.63) is 16.4 Å². The second kappa shape index (κ2) is 7.44. The van der Waals surface area contributed by atoms with Crippen LogP contribution in [-0.2, 0) is 6.54 Å². The largest absolute Gasteiger partial charge is 0.386 e. The standard InChI is InChI=1S/C15H25BrN2O/c1-2-10-18-14(13(16)11-17-18)15(19)12-8-6-4-3-5-7-9-12/h11-12,15,19H,2-10H2,1H3. The number of rotatable bonds is 4. The van der Waals surface area contributed by atoms with Gasteiger partial charge in [0.1, 0.15) is 0 Å². The van der Waals surface area contributed by atoms with Gasteiger partial charge < -0.3 is 5.11 Å². The van der Waals surface area contributed by atoms with E-state index in [-0.39, 0.29) is 6.10 Å². The molecule has 0 radical (unpaired) electrons. The van der Waals surface area contributed by atoms with E-state index in [2.05, 4.69) is 28.0 Å². The Hall–Kier alpha value is -0.350. The lowest BCUT2D eigenvalue weighted by atomic mass is 9.86. The third-order valence-electron chi connectivity index (χ3n) is 4.15. The summed E-state index contributed by atoms with van der Waals surface area (Å²) < 4.78 is 2.92. The van der Waals surface area contributed by atoms with Gasteiger partial charge in [-0.25, -0.2) is 0 Å². The molecule has 0 amide bonds. The fraction of sp³-hybridized carbons (Fsp3) is 0.800. The zero-order chi connectivity index (χ0) is 13.7. The van der Waals surface area contributed by atoms with Crippen LogP contribution in [0.3, 0.4) is 0 Å². The Kier molecular flexibility index (Phi) is 5.89. The summed E-state index contributed by atoms with van der Waals surface area (Å²) in [5.74, 6) is 0.393. The molecule has 0 spiro atoms. The van der Waals surface area contributed by atoms with Gasteiger partial charge in [0.2, 0.25) is 0 Å². The summed E-state index contributed by atoms with van der Waals surface area (Å²) in [6, 6.07) is 0. The quantitative estimate of drug-likeness (QED) is 0.886. The number of aromatic nitrogens is 2. The maximum Gasteiger partial charge on any atom is 0.0996 e. The van der Waals surface area contributed by atoms with Crippen LogP contribution in [0.25, 0.3) is 0 Å². The first-order valence-electron chi connectivity index (χ1n) is 7.63. The predicted molar refractivity (Wildman–Crippen MR) is 81.0 cm³/mol. The Morgan fingerprint density at radius 3 is 2.58 bits per heavy atom. The van der Waals surface area contributed by atoms with Crippen LogP contribution in [-0.4, -0.2) is 14.9 Å². The fourth-order valence-electron chi connectivity index (χ4n) is 3.08. The highest BCUT2D eigenvalue weighted by Gasteiger charge is 2.26. The SMILES string of the molecule is CCCn1ncc(Br)c1C(O)C1CCCCCCC1. The molecule has 1 fully saturated rings. The van der Waals surface area contributed by atoms with Crippen molar-refractivity contribution >= 4 is 15.9 Å². The second-order valence-corrected chi connectivity index (χ2v) is 6.51. The van der Waals surface area contributed by atoms with Gasteiger partial charge in [0, 0.05) is 6.54 Å². The molecule has 0 saturated heterocycles. The van der Waals surface area contributed by atoms with Crippen LogP contribution in [0.4, 0.5) is 0 Å². The molecule has 1 aromatic rings. The van der Waals surface area contributed by atoms with E-state index >= 15 is 0 Å². The van der Waals surface area contributed by atoms with E-state index in [1.807, 2.05) is 10.9 Å². The highest BCUT2D eigenvalue weighted by atomic mass is 79.9. The van der Waals surface area contributed by atoms with E-state index < -0.39 is 0 Å². The van der Waals surface area contributed by atoms with Gasteiger partial charge in [-0.3, -0.25) is 4.68 Å². The van der Waals surface area contributed by atoms with Crippen molar-refractivity contribution in [3.63, 3.8) is 0 Å². The summed E-state index contributed by atoms with van der Waals surface area (Å²) in [7, 11) is 0. The van der Waals surface area contributed by atoms with E-state index in [4.69, 9.17) is 0 Å². The van der Waals surface area contributed by atoms with Crippen molar-refractivity contribution in [2.75, 3.05) is 0 Å². The predicted octanol–water partition coefficient (Wildman–Crippen LogP) is 4.45. The Labute approximate surface area is 124 Å². The van der Waals surface area contributed by atoms with Gasteiger partial charge in [0.15, 0.2) is 0 Å². The molecule has 19 heavy (non-hydrogen) atoms. The number of aliphatic hydroxyl groups excluding tert-OH is 1. The molecule has 3 nitrogen and oxygen atoms in total. The summed E-state index contributed by atoms with van der Waals surface area (Å²) >= 11 is 3.55. The zero-order valence-electron chi connectivity index (χ0n) is 11.8. The molecule has 1 aliphatic carbocycles. The topological polar surface area (TPSA) is 38.0 Å². The first-order valence-corrected chi connectivity index (χ1v) is 8.42. The molecule has 2 rings (SSSR count). The van der Waals surface area contributed by atoms with Crippen LogP contribution in [0.5, 0.6) is 0 Å². The maximum atomic E-state index is 10.7. The molecular weight excluding hydrogens is 304 g/mol. The lowest BCUT2D eigenvalue weighted by Gasteiger charge is -2.25. The van der Waals surface area contributed by atoms with Gasteiger partial charge in [-0.15, -0.1) is 0 Å².